The zero-order valence-electron chi connectivity index (χ0n) is 10.8. The Bertz CT molecular complexity index is 490. The lowest BCUT2D eigenvalue weighted by molar-refractivity contribution is -0.0482. The highest BCUT2D eigenvalue weighted by Crippen LogP contribution is 2.36. The van der Waals surface area contributed by atoms with Crippen molar-refractivity contribution in [3.63, 3.8) is 0 Å². The van der Waals surface area contributed by atoms with Crippen LogP contribution in [0.1, 0.15) is 26.0 Å². The van der Waals surface area contributed by atoms with E-state index in [-0.39, 0.29) is 18.3 Å². The number of ether oxygens (including phenoxy) is 1. The number of aromatic nitrogens is 2. The van der Waals surface area contributed by atoms with Crippen molar-refractivity contribution in [2.24, 2.45) is 5.92 Å². The zero-order valence-corrected chi connectivity index (χ0v) is 10.8. The van der Waals surface area contributed by atoms with Gasteiger partial charge in [-0.25, -0.2) is 4.79 Å². The molecule has 1 aromatic rings. The van der Waals surface area contributed by atoms with Crippen molar-refractivity contribution in [3.05, 3.63) is 22.7 Å². The highest BCUT2D eigenvalue weighted by Gasteiger charge is 2.43. The van der Waals surface area contributed by atoms with E-state index in [0.717, 1.165) is 6.42 Å². The molecule has 2 heterocycles. The lowest BCUT2D eigenvalue weighted by Crippen LogP contribution is -2.32. The summed E-state index contributed by atoms with van der Waals surface area (Å²) in [4.78, 5) is 15.5. The number of aliphatic hydroxyl groups excluding tert-OH is 2. The number of nitrogens with two attached hydrogens (primary N) is 1. The molecule has 1 saturated heterocycles. The first kappa shape index (κ1) is 14.0. The summed E-state index contributed by atoms with van der Waals surface area (Å²) < 4.78 is 6.89. The van der Waals surface area contributed by atoms with Crippen LogP contribution in [0.5, 0.6) is 0 Å². The van der Waals surface area contributed by atoms with Crippen molar-refractivity contribution in [2.75, 3.05) is 12.3 Å². The summed E-state index contributed by atoms with van der Waals surface area (Å²) in [7, 11) is 0. The number of anilines is 1. The third-order valence-electron chi connectivity index (χ3n) is 3.43. The molecule has 4 N–H and O–H groups in total. The molecule has 0 spiro atoms. The first-order valence-electron chi connectivity index (χ1n) is 6.37. The molecule has 0 amide bonds. The Morgan fingerprint density at radius 2 is 2.32 bits per heavy atom. The number of nitrogen functional groups attached to an aromatic ring is 1. The maximum atomic E-state index is 11.8. The highest BCUT2D eigenvalue weighted by atomic mass is 16.5. The summed E-state index contributed by atoms with van der Waals surface area (Å²) in [6, 6.07) is 1.51. The third kappa shape index (κ3) is 2.63. The molecule has 1 aromatic heterocycles. The summed E-state index contributed by atoms with van der Waals surface area (Å²) in [6.45, 7) is 1.70. The molecule has 106 valence electrons. The van der Waals surface area contributed by atoms with Crippen LogP contribution in [0.15, 0.2) is 17.1 Å². The Morgan fingerprint density at radius 3 is 2.89 bits per heavy atom. The van der Waals surface area contributed by atoms with Gasteiger partial charge in [0.15, 0.2) is 0 Å². The Labute approximate surface area is 110 Å². The highest BCUT2D eigenvalue weighted by molar-refractivity contribution is 5.23. The van der Waals surface area contributed by atoms with E-state index >= 15 is 0 Å². The Kier molecular flexibility index (Phi) is 4.18. The minimum absolute atomic E-state index is 0.144. The van der Waals surface area contributed by atoms with Crippen LogP contribution >= 0.6 is 0 Å². The van der Waals surface area contributed by atoms with Crippen LogP contribution in [0, 0.1) is 5.92 Å². The second-order valence-electron chi connectivity index (χ2n) is 4.73. The van der Waals surface area contributed by atoms with Crippen molar-refractivity contribution in [1.82, 2.24) is 9.55 Å². The van der Waals surface area contributed by atoms with E-state index in [1.165, 1.54) is 16.8 Å². The average Bonchev–Trinajstić information content (AvgIpc) is 2.68. The second-order valence-corrected chi connectivity index (χ2v) is 4.73. The van der Waals surface area contributed by atoms with E-state index in [0.29, 0.717) is 6.42 Å². The van der Waals surface area contributed by atoms with Gasteiger partial charge in [-0.05, 0) is 12.5 Å². The number of rotatable bonds is 4. The topological polar surface area (TPSA) is 111 Å². The summed E-state index contributed by atoms with van der Waals surface area (Å²) in [6.07, 6.45) is 0.957. The smallest absolute Gasteiger partial charge is 0.351 e. The van der Waals surface area contributed by atoms with Crippen LogP contribution in [-0.2, 0) is 4.74 Å². The Morgan fingerprint density at radius 1 is 1.58 bits per heavy atom. The monoisotopic (exact) mass is 269 g/mol. The van der Waals surface area contributed by atoms with Gasteiger partial charge in [0.1, 0.15) is 18.1 Å². The van der Waals surface area contributed by atoms with E-state index in [2.05, 4.69) is 4.98 Å². The molecule has 1 aliphatic rings. The zero-order chi connectivity index (χ0) is 14.0. The van der Waals surface area contributed by atoms with E-state index < -0.39 is 24.1 Å². The van der Waals surface area contributed by atoms with Gasteiger partial charge in [-0.1, -0.05) is 13.3 Å². The van der Waals surface area contributed by atoms with Gasteiger partial charge < -0.3 is 20.7 Å². The van der Waals surface area contributed by atoms with Gasteiger partial charge in [-0.2, -0.15) is 4.98 Å². The van der Waals surface area contributed by atoms with E-state index in [9.17, 15) is 15.0 Å². The van der Waals surface area contributed by atoms with Gasteiger partial charge >= 0.3 is 5.69 Å². The van der Waals surface area contributed by atoms with E-state index in [4.69, 9.17) is 10.5 Å². The fourth-order valence-corrected chi connectivity index (χ4v) is 2.49. The lowest BCUT2D eigenvalue weighted by atomic mass is 9.95. The number of aliphatic hydroxyl groups is 2. The molecule has 0 unspecified atom stereocenters. The largest absolute Gasteiger partial charge is 0.394 e. The molecule has 1 aliphatic heterocycles. The van der Waals surface area contributed by atoms with Gasteiger partial charge in [0.25, 0.3) is 0 Å². The summed E-state index contributed by atoms with van der Waals surface area (Å²) >= 11 is 0. The van der Waals surface area contributed by atoms with Crippen LogP contribution in [0.25, 0.3) is 0 Å². The van der Waals surface area contributed by atoms with Crippen molar-refractivity contribution in [3.8, 4) is 0 Å². The molecule has 0 aliphatic carbocycles. The fraction of sp³-hybridized carbons (Fsp3) is 0.667. The quantitative estimate of drug-likeness (QED) is 0.679. The molecule has 0 saturated carbocycles. The molecule has 7 heteroatoms. The van der Waals surface area contributed by atoms with Gasteiger partial charge in [0.2, 0.25) is 0 Å². The maximum Gasteiger partial charge on any atom is 0.351 e. The molecule has 4 atom stereocenters. The van der Waals surface area contributed by atoms with Crippen molar-refractivity contribution in [2.45, 2.75) is 38.2 Å². The maximum absolute atomic E-state index is 11.8. The molecule has 19 heavy (non-hydrogen) atoms. The normalized spacial score (nSPS) is 30.7. The van der Waals surface area contributed by atoms with Crippen molar-refractivity contribution < 1.29 is 14.9 Å². The average molecular weight is 269 g/mol. The van der Waals surface area contributed by atoms with Crippen LogP contribution in [-0.4, -0.2) is 38.6 Å². The molecular formula is C12H19N3O4. The van der Waals surface area contributed by atoms with E-state index in [1.807, 2.05) is 6.92 Å². The van der Waals surface area contributed by atoms with Crippen LogP contribution in [0.4, 0.5) is 5.82 Å². The summed E-state index contributed by atoms with van der Waals surface area (Å²) in [5, 5.41) is 19.3. The van der Waals surface area contributed by atoms with Crippen LogP contribution in [0.3, 0.4) is 0 Å². The SMILES string of the molecule is CCC[C@@H]1[C@H](O)[C@@H](CO)O[C@H]1n1ccc(N)nc1=O. The molecule has 0 bridgehead atoms. The van der Waals surface area contributed by atoms with Crippen molar-refractivity contribution >= 4 is 5.82 Å². The molecular weight excluding hydrogens is 250 g/mol. The molecule has 1 fully saturated rings. The van der Waals surface area contributed by atoms with Gasteiger partial charge in [0.05, 0.1) is 12.7 Å². The number of hydrogen-bond acceptors (Lipinski definition) is 6. The first-order chi connectivity index (χ1) is 9.08. The second kappa shape index (κ2) is 5.68. The lowest BCUT2D eigenvalue weighted by Gasteiger charge is -2.21. The standard InChI is InChI=1S/C12H19N3O4/c1-2-3-7-10(17)8(6-16)19-11(7)15-5-4-9(13)14-12(15)18/h4-5,7-8,10-11,16-17H,2-3,6H2,1H3,(H2,13,14,18)/t7-,8-,10+,11-/m1/s1. The molecule has 2 rings (SSSR count). The predicted octanol–water partition coefficient (Wildman–Crippen LogP) is -0.508. The van der Waals surface area contributed by atoms with Crippen LogP contribution in [0.2, 0.25) is 0 Å². The minimum atomic E-state index is -0.792. The molecule has 7 nitrogen and oxygen atoms in total. The van der Waals surface area contributed by atoms with Crippen molar-refractivity contribution in [1.29, 1.82) is 0 Å². The van der Waals surface area contributed by atoms with Crippen LogP contribution < -0.4 is 11.4 Å². The number of hydrogen-bond donors (Lipinski definition) is 3. The van der Waals surface area contributed by atoms with E-state index in [1.54, 1.807) is 0 Å². The summed E-state index contributed by atoms with van der Waals surface area (Å²) in [5.74, 6) is -0.101. The van der Waals surface area contributed by atoms with Gasteiger partial charge in [0, 0.05) is 12.1 Å². The predicted molar refractivity (Wildman–Crippen MR) is 68.3 cm³/mol. The van der Waals surface area contributed by atoms with Gasteiger partial charge in [-0.3, -0.25) is 4.57 Å². The molecule has 0 radical (unpaired) electrons. The fourth-order valence-electron chi connectivity index (χ4n) is 2.49. The Balaban J connectivity index is 2.33. The summed E-state index contributed by atoms with van der Waals surface area (Å²) in [5.41, 5.74) is 4.93. The molecule has 0 aromatic carbocycles. The van der Waals surface area contributed by atoms with Gasteiger partial charge in [-0.15, -0.1) is 0 Å². The minimum Gasteiger partial charge on any atom is -0.394 e. The first-order valence-corrected chi connectivity index (χ1v) is 6.37. The number of nitrogens with zero attached hydrogens (tertiary/aromatic N) is 2. The third-order valence-corrected chi connectivity index (χ3v) is 3.43. The Hall–Kier alpha value is -1.44.